The monoisotopic (exact) mass is 470 g/mol. The van der Waals surface area contributed by atoms with Gasteiger partial charge in [-0.3, -0.25) is 4.55 Å². The van der Waals surface area contributed by atoms with Crippen molar-refractivity contribution in [2.45, 2.75) is 88.9 Å². The van der Waals surface area contributed by atoms with E-state index >= 15 is 0 Å². The predicted octanol–water partition coefficient (Wildman–Crippen LogP) is 3.66. The van der Waals surface area contributed by atoms with Gasteiger partial charge in [0, 0.05) is 0 Å². The van der Waals surface area contributed by atoms with E-state index in [0.29, 0.717) is 5.75 Å². The molecule has 0 saturated heterocycles. The van der Waals surface area contributed by atoms with Crippen LogP contribution in [-0.4, -0.2) is 13.0 Å². The zero-order chi connectivity index (χ0) is 22.5. The van der Waals surface area contributed by atoms with Crippen LogP contribution in [0.2, 0.25) is 0 Å². The van der Waals surface area contributed by atoms with Crippen LogP contribution in [0.25, 0.3) is 0 Å². The molecule has 0 saturated carbocycles. The minimum Gasteiger partial charge on any atom is -0.870 e. The maximum Gasteiger partial charge on any atom is 1.00 e. The van der Waals surface area contributed by atoms with E-state index < -0.39 is 20.8 Å². The maximum atomic E-state index is 12.1. The Morgan fingerprint density at radius 2 is 1.44 bits per heavy atom. The van der Waals surface area contributed by atoms with Gasteiger partial charge in [-0.1, -0.05) is 89.0 Å². The van der Waals surface area contributed by atoms with Crippen molar-refractivity contribution in [2.75, 3.05) is 0 Å². The molecule has 5 nitrogen and oxygen atoms in total. The summed E-state index contributed by atoms with van der Waals surface area (Å²) in [5.74, 6) is -0.0255. The fraction of sp³-hybridized carbons (Fsp3) is 0.520. The molecular weight excluding hydrogens is 435 g/mol. The van der Waals surface area contributed by atoms with Crippen LogP contribution in [0.5, 0.6) is 17.2 Å². The number of ether oxygens (including phenoxy) is 1. The summed E-state index contributed by atoms with van der Waals surface area (Å²) in [4.78, 5) is -0.435. The summed E-state index contributed by atoms with van der Waals surface area (Å²) in [6, 6.07) is 10.9. The molecule has 0 unspecified atom stereocenters. The summed E-state index contributed by atoms with van der Waals surface area (Å²) in [5, 5.41) is 12.1. The molecule has 2 rings (SSSR count). The van der Waals surface area contributed by atoms with Gasteiger partial charge in [-0.2, -0.15) is 8.42 Å². The van der Waals surface area contributed by atoms with Crippen LogP contribution >= 0.6 is 0 Å². The Morgan fingerprint density at radius 1 is 0.844 bits per heavy atom. The van der Waals surface area contributed by atoms with Crippen LogP contribution in [0.1, 0.15) is 83.1 Å². The summed E-state index contributed by atoms with van der Waals surface area (Å²) >= 11 is 0. The van der Waals surface area contributed by atoms with E-state index in [1.165, 1.54) is 70.3 Å². The van der Waals surface area contributed by atoms with Gasteiger partial charge in [0.15, 0.2) is 0 Å². The Balaban J connectivity index is 0.00000512. The van der Waals surface area contributed by atoms with Crippen LogP contribution in [0.3, 0.4) is 0 Å². The molecular formula is C25H35NaO5S. The summed E-state index contributed by atoms with van der Waals surface area (Å²) in [6.07, 6.45) is 15.4. The number of hydrogen-bond acceptors (Lipinski definition) is 4. The van der Waals surface area contributed by atoms with Crippen LogP contribution in [-0.2, 0) is 16.5 Å². The molecule has 0 heterocycles. The first kappa shape index (κ1) is 29.0. The van der Waals surface area contributed by atoms with Gasteiger partial charge < -0.3 is 9.84 Å². The van der Waals surface area contributed by atoms with E-state index in [2.05, 4.69) is 6.92 Å². The van der Waals surface area contributed by atoms with Crippen molar-refractivity contribution < 1.29 is 52.4 Å². The van der Waals surface area contributed by atoms with Crippen molar-refractivity contribution in [3.05, 3.63) is 48.0 Å². The fourth-order valence-corrected chi connectivity index (χ4v) is 4.11. The molecule has 7 heteroatoms. The molecule has 0 aromatic heterocycles. The third kappa shape index (κ3) is 11.2. The first-order valence-electron chi connectivity index (χ1n) is 11.5. The Hall–Kier alpha value is -1.05. The molecule has 1 N–H and O–H groups in total. The SMILES string of the molecule is CCCCCCCCCCCCCc1cccc(Oc2ccc(S(=O)(=O)O)cc2[O-])c1.[Na+]. The molecule has 2 aromatic carbocycles. The second kappa shape index (κ2) is 15.7. The molecule has 0 spiro atoms. The minimum atomic E-state index is -4.40. The summed E-state index contributed by atoms with van der Waals surface area (Å²) in [5.41, 5.74) is 1.15. The number of hydrogen-bond donors (Lipinski definition) is 1. The zero-order valence-corrected chi connectivity index (χ0v) is 22.3. The van der Waals surface area contributed by atoms with E-state index in [0.717, 1.165) is 30.5 Å². The average molecular weight is 471 g/mol. The Labute approximate surface area is 215 Å². The molecule has 0 aliphatic carbocycles. The van der Waals surface area contributed by atoms with Gasteiger partial charge in [0.2, 0.25) is 0 Å². The molecule has 0 aliphatic rings. The number of rotatable bonds is 15. The van der Waals surface area contributed by atoms with Gasteiger partial charge in [-0.15, -0.1) is 0 Å². The van der Waals surface area contributed by atoms with Crippen LogP contribution < -0.4 is 39.4 Å². The zero-order valence-electron chi connectivity index (χ0n) is 19.5. The van der Waals surface area contributed by atoms with Crippen LogP contribution in [0.4, 0.5) is 0 Å². The molecule has 0 bridgehead atoms. The summed E-state index contributed by atoms with van der Waals surface area (Å²) in [6.45, 7) is 2.25. The second-order valence-corrected chi connectivity index (χ2v) is 9.54. The quantitative estimate of drug-likeness (QED) is 0.244. The van der Waals surface area contributed by atoms with Gasteiger partial charge in [-0.05, 0) is 48.7 Å². The molecule has 172 valence electrons. The largest absolute Gasteiger partial charge is 1.00 e. The van der Waals surface area contributed by atoms with Crippen molar-refractivity contribution in [1.29, 1.82) is 0 Å². The van der Waals surface area contributed by atoms with E-state index in [9.17, 15) is 13.5 Å². The summed E-state index contributed by atoms with van der Waals surface area (Å²) in [7, 11) is -4.40. The minimum absolute atomic E-state index is 0. The van der Waals surface area contributed by atoms with Gasteiger partial charge in [0.1, 0.15) is 11.5 Å². The number of benzene rings is 2. The second-order valence-electron chi connectivity index (χ2n) is 8.12. The molecule has 0 atom stereocenters. The van der Waals surface area contributed by atoms with E-state index in [4.69, 9.17) is 9.29 Å². The van der Waals surface area contributed by atoms with E-state index in [1.807, 2.05) is 18.2 Å². The predicted molar refractivity (Wildman–Crippen MR) is 122 cm³/mol. The van der Waals surface area contributed by atoms with Crippen molar-refractivity contribution in [1.82, 2.24) is 0 Å². The standard InChI is InChI=1S/C25H36O5S.Na/c1-2-3-4-5-6-7-8-9-10-11-12-14-21-15-13-16-22(19-21)30-25-18-17-23(20-24(25)26)31(27,28)29;/h13,15-20,26H,2-12,14H2,1H3,(H,27,28,29);/q;+1/p-1. The van der Waals surface area contributed by atoms with Gasteiger partial charge in [-0.25, -0.2) is 0 Å². The smallest absolute Gasteiger partial charge is 0.870 e. The normalized spacial score (nSPS) is 11.2. The van der Waals surface area contributed by atoms with Crippen LogP contribution in [0.15, 0.2) is 47.4 Å². The number of unbranched alkanes of at least 4 members (excludes halogenated alkanes) is 10. The number of aryl methyl sites for hydroxylation is 1. The summed E-state index contributed by atoms with van der Waals surface area (Å²) < 4.78 is 36.9. The molecule has 0 fully saturated rings. The van der Waals surface area contributed by atoms with Crippen molar-refractivity contribution >= 4 is 10.1 Å². The molecule has 0 radical (unpaired) electrons. The average Bonchev–Trinajstić information content (AvgIpc) is 2.73. The third-order valence-corrected chi connectivity index (χ3v) is 6.26. The van der Waals surface area contributed by atoms with Crippen LogP contribution in [0, 0.1) is 0 Å². The van der Waals surface area contributed by atoms with Gasteiger partial charge >= 0.3 is 29.6 Å². The van der Waals surface area contributed by atoms with E-state index in [1.54, 1.807) is 6.07 Å². The fourth-order valence-electron chi connectivity index (χ4n) is 3.62. The Morgan fingerprint density at radius 3 is 2.00 bits per heavy atom. The molecule has 2 aromatic rings. The van der Waals surface area contributed by atoms with Crippen molar-refractivity contribution in [3.63, 3.8) is 0 Å². The van der Waals surface area contributed by atoms with Gasteiger partial charge in [0.05, 0.1) is 4.90 Å². The Bertz CT molecular complexity index is 899. The topological polar surface area (TPSA) is 86.7 Å². The molecule has 0 aliphatic heterocycles. The van der Waals surface area contributed by atoms with E-state index in [-0.39, 0.29) is 35.3 Å². The maximum absolute atomic E-state index is 12.1. The first-order chi connectivity index (χ1) is 14.9. The van der Waals surface area contributed by atoms with Gasteiger partial charge in [0.25, 0.3) is 10.1 Å². The Kier molecular flexibility index (Phi) is 14.2. The van der Waals surface area contributed by atoms with Crippen molar-refractivity contribution in [2.24, 2.45) is 0 Å². The third-order valence-electron chi connectivity index (χ3n) is 5.41. The molecule has 32 heavy (non-hydrogen) atoms. The molecule has 0 amide bonds. The first-order valence-corrected chi connectivity index (χ1v) is 12.9. The van der Waals surface area contributed by atoms with Crippen molar-refractivity contribution in [3.8, 4) is 17.2 Å².